The average Bonchev–Trinajstić information content (AvgIpc) is 2.74. The Morgan fingerprint density at radius 3 is 2.50 bits per heavy atom. The SMILES string of the molecule is CCC(COP(NCC(=O)OC(C)C)Oc1ccccc1)OC(C)n1ccc(=O)[nH]c1=O. The molecule has 11 heteroatoms. The van der Waals surface area contributed by atoms with Crippen LogP contribution in [0.1, 0.15) is 40.3 Å². The van der Waals surface area contributed by atoms with Crippen LogP contribution in [0.3, 0.4) is 0 Å². The molecule has 0 aliphatic carbocycles. The van der Waals surface area contributed by atoms with E-state index in [1.54, 1.807) is 32.9 Å². The highest BCUT2D eigenvalue weighted by atomic mass is 31.2. The Hall–Kier alpha value is -2.52. The lowest BCUT2D eigenvalue weighted by atomic mass is 10.3. The van der Waals surface area contributed by atoms with Gasteiger partial charge in [-0.05, 0) is 39.3 Å². The van der Waals surface area contributed by atoms with E-state index in [4.69, 9.17) is 18.5 Å². The molecule has 2 N–H and O–H groups in total. The second kappa shape index (κ2) is 13.1. The maximum absolute atomic E-state index is 12.0. The first kappa shape index (κ1) is 25.7. The minimum atomic E-state index is -1.67. The lowest BCUT2D eigenvalue weighted by molar-refractivity contribution is -0.145. The monoisotopic (exact) mass is 467 g/mol. The highest BCUT2D eigenvalue weighted by Crippen LogP contribution is 2.35. The summed E-state index contributed by atoms with van der Waals surface area (Å²) in [5, 5.41) is 2.95. The van der Waals surface area contributed by atoms with Crippen LogP contribution >= 0.6 is 8.53 Å². The largest absolute Gasteiger partial charge is 0.462 e. The first-order valence-electron chi connectivity index (χ1n) is 10.3. The van der Waals surface area contributed by atoms with Crippen molar-refractivity contribution in [3.8, 4) is 5.75 Å². The molecule has 0 saturated heterocycles. The van der Waals surface area contributed by atoms with Gasteiger partial charge in [0.1, 0.15) is 18.5 Å². The third-order valence-corrected chi connectivity index (χ3v) is 5.29. The standard InChI is InChI=1S/C21H30N3O7P/c1-5-17(30-16(4)24-12-11-19(25)23-21(24)27)14-28-32(22-13-20(26)29-15(2)3)31-18-9-7-6-8-10-18/h6-12,15-17,22H,5,13-14H2,1-4H3,(H,23,25,27). The Balaban J connectivity index is 1.98. The number of rotatable bonds is 13. The Morgan fingerprint density at radius 1 is 1.16 bits per heavy atom. The quantitative estimate of drug-likeness (QED) is 0.341. The second-order valence-electron chi connectivity index (χ2n) is 7.11. The fourth-order valence-corrected chi connectivity index (χ4v) is 3.66. The van der Waals surface area contributed by atoms with Crippen LogP contribution in [0, 0.1) is 0 Å². The van der Waals surface area contributed by atoms with Crippen LogP contribution in [0.4, 0.5) is 0 Å². The predicted octanol–water partition coefficient (Wildman–Crippen LogP) is 2.71. The lowest BCUT2D eigenvalue weighted by Crippen LogP contribution is -2.34. The summed E-state index contributed by atoms with van der Waals surface area (Å²) in [6, 6.07) is 10.3. The first-order valence-corrected chi connectivity index (χ1v) is 11.5. The van der Waals surface area contributed by atoms with Crippen molar-refractivity contribution in [3.63, 3.8) is 0 Å². The Kier molecular flexibility index (Phi) is 10.6. The van der Waals surface area contributed by atoms with Gasteiger partial charge in [0.15, 0.2) is 0 Å². The van der Waals surface area contributed by atoms with Crippen LogP contribution in [0.2, 0.25) is 0 Å². The summed E-state index contributed by atoms with van der Waals surface area (Å²) in [5.74, 6) is 0.174. The summed E-state index contributed by atoms with van der Waals surface area (Å²) < 4.78 is 24.1. The number of carbonyl (C=O) groups excluding carboxylic acids is 1. The average molecular weight is 467 g/mol. The van der Waals surface area contributed by atoms with Crippen molar-refractivity contribution in [2.24, 2.45) is 0 Å². The molecular weight excluding hydrogens is 437 g/mol. The molecule has 0 radical (unpaired) electrons. The van der Waals surface area contributed by atoms with Gasteiger partial charge in [0.05, 0.1) is 18.8 Å². The number of ether oxygens (including phenoxy) is 2. The number of esters is 1. The molecule has 176 valence electrons. The number of carbonyl (C=O) groups is 1. The number of hydrogen-bond donors (Lipinski definition) is 2. The van der Waals surface area contributed by atoms with Gasteiger partial charge >= 0.3 is 20.2 Å². The number of nitrogens with one attached hydrogen (secondary N) is 2. The maximum Gasteiger partial charge on any atom is 0.330 e. The molecule has 0 aliphatic heterocycles. The molecule has 0 spiro atoms. The van der Waals surface area contributed by atoms with Crippen molar-refractivity contribution >= 4 is 14.5 Å². The van der Waals surface area contributed by atoms with E-state index in [1.165, 1.54) is 16.8 Å². The minimum absolute atomic E-state index is 0.0719. The molecule has 3 unspecified atom stereocenters. The topological polar surface area (TPSA) is 121 Å². The molecular formula is C21H30N3O7P. The summed E-state index contributed by atoms with van der Waals surface area (Å²) in [4.78, 5) is 37.3. The molecule has 2 rings (SSSR count). The van der Waals surface area contributed by atoms with E-state index in [-0.39, 0.29) is 25.4 Å². The molecule has 10 nitrogen and oxygen atoms in total. The number of aromatic amines is 1. The number of benzene rings is 1. The van der Waals surface area contributed by atoms with Crippen molar-refractivity contribution in [3.05, 3.63) is 63.4 Å². The summed E-state index contributed by atoms with van der Waals surface area (Å²) >= 11 is 0. The molecule has 1 aromatic carbocycles. The van der Waals surface area contributed by atoms with Gasteiger partial charge in [-0.3, -0.25) is 19.1 Å². The number of hydrogen-bond acceptors (Lipinski definition) is 8. The Morgan fingerprint density at radius 2 is 1.88 bits per heavy atom. The molecule has 0 fully saturated rings. The fraction of sp³-hybridized carbons (Fsp3) is 0.476. The zero-order valence-electron chi connectivity index (χ0n) is 18.6. The van der Waals surface area contributed by atoms with Gasteiger partial charge in [-0.2, -0.15) is 0 Å². The predicted molar refractivity (Wildman–Crippen MR) is 120 cm³/mol. The van der Waals surface area contributed by atoms with Crippen LogP contribution < -0.4 is 20.9 Å². The van der Waals surface area contributed by atoms with Crippen molar-refractivity contribution in [1.82, 2.24) is 14.6 Å². The van der Waals surface area contributed by atoms with E-state index in [2.05, 4.69) is 10.1 Å². The minimum Gasteiger partial charge on any atom is -0.462 e. The van der Waals surface area contributed by atoms with Crippen LogP contribution in [-0.4, -0.2) is 40.9 Å². The highest BCUT2D eigenvalue weighted by molar-refractivity contribution is 7.45. The number of para-hydroxylation sites is 1. The van der Waals surface area contributed by atoms with Gasteiger partial charge in [0, 0.05) is 12.3 Å². The van der Waals surface area contributed by atoms with Gasteiger partial charge in [-0.1, -0.05) is 25.1 Å². The zero-order chi connectivity index (χ0) is 23.5. The lowest BCUT2D eigenvalue weighted by Gasteiger charge is -2.25. The molecule has 0 saturated carbocycles. The van der Waals surface area contributed by atoms with Crippen molar-refractivity contribution < 1.29 is 23.3 Å². The summed E-state index contributed by atoms with van der Waals surface area (Å²) in [5.41, 5.74) is -1.03. The molecule has 3 atom stereocenters. The Labute approximate surface area is 187 Å². The number of aromatic nitrogens is 2. The van der Waals surface area contributed by atoms with Gasteiger partial charge in [-0.25, -0.2) is 9.88 Å². The van der Waals surface area contributed by atoms with Crippen LogP contribution in [-0.2, 0) is 18.8 Å². The van der Waals surface area contributed by atoms with E-state index >= 15 is 0 Å². The van der Waals surface area contributed by atoms with E-state index in [1.807, 2.05) is 25.1 Å². The molecule has 32 heavy (non-hydrogen) atoms. The number of H-pyrrole nitrogens is 1. The van der Waals surface area contributed by atoms with Gasteiger partial charge in [0.25, 0.3) is 5.56 Å². The molecule has 0 aliphatic rings. The number of nitrogens with zero attached hydrogens (tertiary/aromatic N) is 1. The van der Waals surface area contributed by atoms with Crippen molar-refractivity contribution in [2.75, 3.05) is 13.2 Å². The van der Waals surface area contributed by atoms with E-state index in [9.17, 15) is 14.4 Å². The molecule has 1 aromatic heterocycles. The molecule has 0 bridgehead atoms. The molecule has 2 aromatic rings. The first-order chi connectivity index (χ1) is 15.3. The molecule has 1 heterocycles. The van der Waals surface area contributed by atoms with Crippen molar-refractivity contribution in [1.29, 1.82) is 0 Å². The van der Waals surface area contributed by atoms with E-state index in [0.717, 1.165) is 0 Å². The van der Waals surface area contributed by atoms with Gasteiger partial charge in [-0.15, -0.1) is 0 Å². The smallest absolute Gasteiger partial charge is 0.330 e. The third kappa shape index (κ3) is 8.92. The zero-order valence-corrected chi connectivity index (χ0v) is 19.5. The highest BCUT2D eigenvalue weighted by Gasteiger charge is 2.20. The van der Waals surface area contributed by atoms with Gasteiger partial charge < -0.3 is 18.5 Å². The second-order valence-corrected chi connectivity index (χ2v) is 8.39. The summed E-state index contributed by atoms with van der Waals surface area (Å²) in [6.45, 7) is 7.25. The fourth-order valence-electron chi connectivity index (χ4n) is 2.58. The molecule has 0 amide bonds. The summed E-state index contributed by atoms with van der Waals surface area (Å²) in [7, 11) is -1.67. The normalized spacial score (nSPS) is 14.0. The van der Waals surface area contributed by atoms with Crippen LogP contribution in [0.25, 0.3) is 0 Å². The third-order valence-electron chi connectivity index (χ3n) is 4.12. The van der Waals surface area contributed by atoms with Crippen LogP contribution in [0.15, 0.2) is 52.2 Å². The van der Waals surface area contributed by atoms with E-state index in [0.29, 0.717) is 12.2 Å². The van der Waals surface area contributed by atoms with Crippen LogP contribution in [0.5, 0.6) is 5.75 Å². The van der Waals surface area contributed by atoms with Gasteiger partial charge in [0.2, 0.25) is 0 Å². The van der Waals surface area contributed by atoms with Crippen molar-refractivity contribution in [2.45, 2.75) is 52.6 Å². The Bertz CT molecular complexity index is 948. The maximum atomic E-state index is 12.0. The van der Waals surface area contributed by atoms with E-state index < -0.39 is 32.0 Å². The summed E-state index contributed by atoms with van der Waals surface area (Å²) in [6.07, 6.45) is 0.780.